The number of carbonyl (C=O) groups is 1. The van der Waals surface area contributed by atoms with Crippen LogP contribution in [0.1, 0.15) is 59.8 Å². The van der Waals surface area contributed by atoms with Crippen LogP contribution in [0.3, 0.4) is 0 Å². The molecular weight excluding hydrogens is 186 g/mol. The molecule has 0 aliphatic carbocycles. The van der Waals surface area contributed by atoms with E-state index in [-0.39, 0.29) is 5.91 Å². The van der Waals surface area contributed by atoms with Crippen LogP contribution in [-0.2, 0) is 4.79 Å². The quantitative estimate of drug-likeness (QED) is 0.615. The van der Waals surface area contributed by atoms with Crippen LogP contribution >= 0.6 is 0 Å². The zero-order chi connectivity index (χ0) is 11.7. The van der Waals surface area contributed by atoms with E-state index in [0.717, 1.165) is 25.3 Å². The Morgan fingerprint density at radius 1 is 1.00 bits per heavy atom. The third-order valence-corrected chi connectivity index (χ3v) is 2.48. The van der Waals surface area contributed by atoms with Crippen molar-refractivity contribution in [3.63, 3.8) is 0 Å². The van der Waals surface area contributed by atoms with E-state index >= 15 is 0 Å². The van der Waals surface area contributed by atoms with Crippen LogP contribution in [0.2, 0.25) is 0 Å². The highest BCUT2D eigenvalue weighted by molar-refractivity contribution is 5.75. The standard InChI is InChI=1S/C13H27NO/c1-11(2)7-5-6-8-13(15)14-10-9-12(3)4/h11-12H,5-10H2,1-4H3,(H,14,15). The van der Waals surface area contributed by atoms with E-state index in [9.17, 15) is 4.79 Å². The summed E-state index contributed by atoms with van der Waals surface area (Å²) in [5.74, 6) is 1.65. The molecule has 1 N–H and O–H groups in total. The lowest BCUT2D eigenvalue weighted by atomic mass is 10.1. The molecule has 0 saturated carbocycles. The molecule has 2 nitrogen and oxygen atoms in total. The maximum atomic E-state index is 11.4. The summed E-state index contributed by atoms with van der Waals surface area (Å²) in [6, 6.07) is 0. The van der Waals surface area contributed by atoms with Crippen molar-refractivity contribution in [3.8, 4) is 0 Å². The van der Waals surface area contributed by atoms with E-state index in [2.05, 4.69) is 33.0 Å². The number of unbranched alkanes of at least 4 members (excludes halogenated alkanes) is 1. The van der Waals surface area contributed by atoms with Gasteiger partial charge in [0, 0.05) is 13.0 Å². The minimum atomic E-state index is 0.222. The molecule has 90 valence electrons. The lowest BCUT2D eigenvalue weighted by molar-refractivity contribution is -0.121. The first-order valence-electron chi connectivity index (χ1n) is 6.29. The predicted molar refractivity (Wildman–Crippen MR) is 65.8 cm³/mol. The molecule has 0 heterocycles. The highest BCUT2D eigenvalue weighted by Gasteiger charge is 2.01. The molecular formula is C13H27NO. The predicted octanol–water partition coefficient (Wildman–Crippen LogP) is 3.37. The molecule has 0 aliphatic rings. The van der Waals surface area contributed by atoms with E-state index in [1.807, 2.05) is 0 Å². The molecule has 0 unspecified atom stereocenters. The topological polar surface area (TPSA) is 29.1 Å². The average molecular weight is 213 g/mol. The molecule has 0 aliphatic heterocycles. The molecule has 0 aromatic heterocycles. The average Bonchev–Trinajstić information content (AvgIpc) is 2.11. The number of amides is 1. The van der Waals surface area contributed by atoms with Crippen LogP contribution in [0.4, 0.5) is 0 Å². The van der Waals surface area contributed by atoms with E-state index in [0.29, 0.717) is 12.3 Å². The first-order valence-corrected chi connectivity index (χ1v) is 6.29. The van der Waals surface area contributed by atoms with Crippen LogP contribution in [0, 0.1) is 11.8 Å². The van der Waals surface area contributed by atoms with E-state index in [1.165, 1.54) is 12.8 Å². The van der Waals surface area contributed by atoms with Crippen molar-refractivity contribution in [1.29, 1.82) is 0 Å². The summed E-state index contributed by atoms with van der Waals surface area (Å²) < 4.78 is 0. The lowest BCUT2D eigenvalue weighted by Crippen LogP contribution is -2.24. The zero-order valence-corrected chi connectivity index (χ0v) is 10.8. The molecule has 2 heteroatoms. The van der Waals surface area contributed by atoms with Gasteiger partial charge in [0.05, 0.1) is 0 Å². The van der Waals surface area contributed by atoms with Gasteiger partial charge < -0.3 is 5.32 Å². The van der Waals surface area contributed by atoms with Gasteiger partial charge in [-0.1, -0.05) is 40.5 Å². The molecule has 0 fully saturated rings. The molecule has 0 rings (SSSR count). The van der Waals surface area contributed by atoms with Crippen molar-refractivity contribution >= 4 is 5.91 Å². The summed E-state index contributed by atoms with van der Waals surface area (Å²) in [6.07, 6.45) is 5.22. The minimum Gasteiger partial charge on any atom is -0.356 e. The monoisotopic (exact) mass is 213 g/mol. The third kappa shape index (κ3) is 11.4. The maximum Gasteiger partial charge on any atom is 0.219 e. The highest BCUT2D eigenvalue weighted by atomic mass is 16.1. The molecule has 0 saturated heterocycles. The second-order valence-corrected chi connectivity index (χ2v) is 5.17. The van der Waals surface area contributed by atoms with Crippen molar-refractivity contribution in [2.24, 2.45) is 11.8 Å². The zero-order valence-electron chi connectivity index (χ0n) is 10.8. The Labute approximate surface area is 94.8 Å². The first kappa shape index (κ1) is 14.5. The van der Waals surface area contributed by atoms with Crippen molar-refractivity contribution < 1.29 is 4.79 Å². The SMILES string of the molecule is CC(C)CCCCC(=O)NCCC(C)C. The van der Waals surface area contributed by atoms with Crippen LogP contribution in [-0.4, -0.2) is 12.5 Å². The van der Waals surface area contributed by atoms with Crippen molar-refractivity contribution in [1.82, 2.24) is 5.32 Å². The van der Waals surface area contributed by atoms with Gasteiger partial charge in [0.25, 0.3) is 0 Å². The van der Waals surface area contributed by atoms with Gasteiger partial charge >= 0.3 is 0 Å². The normalized spacial score (nSPS) is 11.1. The smallest absolute Gasteiger partial charge is 0.219 e. The molecule has 0 bridgehead atoms. The van der Waals surface area contributed by atoms with Crippen molar-refractivity contribution in [3.05, 3.63) is 0 Å². The van der Waals surface area contributed by atoms with E-state index in [1.54, 1.807) is 0 Å². The van der Waals surface area contributed by atoms with Gasteiger partial charge in [0.1, 0.15) is 0 Å². The molecule has 0 aromatic carbocycles. The first-order chi connectivity index (χ1) is 7.02. The molecule has 15 heavy (non-hydrogen) atoms. The van der Waals surface area contributed by atoms with Crippen LogP contribution in [0.15, 0.2) is 0 Å². The Hall–Kier alpha value is -0.530. The molecule has 0 spiro atoms. The third-order valence-electron chi connectivity index (χ3n) is 2.48. The minimum absolute atomic E-state index is 0.222. The fourth-order valence-corrected chi connectivity index (χ4v) is 1.43. The Kier molecular flexibility index (Phi) is 8.44. The number of hydrogen-bond donors (Lipinski definition) is 1. The largest absolute Gasteiger partial charge is 0.356 e. The summed E-state index contributed by atoms with van der Waals surface area (Å²) >= 11 is 0. The summed E-state index contributed by atoms with van der Waals surface area (Å²) in [5.41, 5.74) is 0. The maximum absolute atomic E-state index is 11.4. The van der Waals surface area contributed by atoms with Crippen LogP contribution in [0.25, 0.3) is 0 Å². The molecule has 1 amide bonds. The number of nitrogens with one attached hydrogen (secondary N) is 1. The molecule has 0 aromatic rings. The Balaban J connectivity index is 3.26. The lowest BCUT2D eigenvalue weighted by Gasteiger charge is -2.07. The Morgan fingerprint density at radius 2 is 1.60 bits per heavy atom. The van der Waals surface area contributed by atoms with E-state index < -0.39 is 0 Å². The second kappa shape index (κ2) is 8.75. The number of rotatable bonds is 8. The Bertz CT molecular complexity index is 164. The van der Waals surface area contributed by atoms with E-state index in [4.69, 9.17) is 0 Å². The summed E-state index contributed by atoms with van der Waals surface area (Å²) in [4.78, 5) is 11.4. The number of hydrogen-bond acceptors (Lipinski definition) is 1. The second-order valence-electron chi connectivity index (χ2n) is 5.17. The van der Waals surface area contributed by atoms with Crippen LogP contribution < -0.4 is 5.32 Å². The number of carbonyl (C=O) groups excluding carboxylic acids is 1. The van der Waals surface area contributed by atoms with Gasteiger partial charge in [-0.25, -0.2) is 0 Å². The summed E-state index contributed by atoms with van der Waals surface area (Å²) in [7, 11) is 0. The van der Waals surface area contributed by atoms with Crippen molar-refractivity contribution in [2.75, 3.05) is 6.54 Å². The van der Waals surface area contributed by atoms with Gasteiger partial charge in [-0.05, 0) is 24.7 Å². The molecule has 0 radical (unpaired) electrons. The van der Waals surface area contributed by atoms with Gasteiger partial charge in [-0.3, -0.25) is 4.79 Å². The van der Waals surface area contributed by atoms with Gasteiger partial charge in [0.15, 0.2) is 0 Å². The summed E-state index contributed by atoms with van der Waals surface area (Å²) in [5, 5.41) is 2.96. The van der Waals surface area contributed by atoms with Gasteiger partial charge in [-0.15, -0.1) is 0 Å². The fraction of sp³-hybridized carbons (Fsp3) is 0.923. The van der Waals surface area contributed by atoms with Crippen LogP contribution in [0.5, 0.6) is 0 Å². The van der Waals surface area contributed by atoms with Gasteiger partial charge in [-0.2, -0.15) is 0 Å². The highest BCUT2D eigenvalue weighted by Crippen LogP contribution is 2.07. The summed E-state index contributed by atoms with van der Waals surface area (Å²) in [6.45, 7) is 9.63. The molecule has 0 atom stereocenters. The van der Waals surface area contributed by atoms with Crippen molar-refractivity contribution in [2.45, 2.75) is 59.8 Å². The Morgan fingerprint density at radius 3 is 2.13 bits per heavy atom. The van der Waals surface area contributed by atoms with Gasteiger partial charge in [0.2, 0.25) is 5.91 Å². The fourth-order valence-electron chi connectivity index (χ4n) is 1.43.